The van der Waals surface area contributed by atoms with E-state index in [0.29, 0.717) is 0 Å². The molecule has 1 aromatic heterocycles. The summed E-state index contributed by atoms with van der Waals surface area (Å²) in [5.74, 6) is 0. The first-order valence-electron chi connectivity index (χ1n) is 5.11. The summed E-state index contributed by atoms with van der Waals surface area (Å²) < 4.78 is 0. The van der Waals surface area contributed by atoms with Gasteiger partial charge in [0.2, 0.25) is 0 Å². The van der Waals surface area contributed by atoms with Crippen LogP contribution in [0.5, 0.6) is 0 Å². The number of aromatic amines is 1. The van der Waals surface area contributed by atoms with Crippen molar-refractivity contribution in [1.29, 1.82) is 0 Å². The molecule has 0 spiro atoms. The average molecular weight is 235 g/mol. The lowest BCUT2D eigenvalue weighted by molar-refractivity contribution is 0.173. The Hall–Kier alpha value is -1.33. The van der Waals surface area contributed by atoms with E-state index in [9.17, 15) is 5.11 Å². The zero-order valence-corrected chi connectivity index (χ0v) is 9.74. The van der Waals surface area contributed by atoms with Gasteiger partial charge in [-0.2, -0.15) is 5.10 Å². The van der Waals surface area contributed by atoms with Crippen LogP contribution in [0.2, 0.25) is 0 Å². The second-order valence-corrected chi connectivity index (χ2v) is 4.45. The molecule has 0 bridgehead atoms. The molecule has 5 heteroatoms. The van der Waals surface area contributed by atoms with E-state index in [1.807, 2.05) is 31.2 Å². The Morgan fingerprint density at radius 1 is 1.38 bits per heavy atom. The number of rotatable bonds is 4. The minimum Gasteiger partial charge on any atom is -0.388 e. The minimum atomic E-state index is -0.371. The molecule has 1 heterocycles. The lowest BCUT2D eigenvalue weighted by Crippen LogP contribution is -1.94. The Balaban J connectivity index is 2.07. The quantitative estimate of drug-likeness (QED) is 0.854. The standard InChI is InChI=1S/C11H13N3OS/c1-2-10(15)8-3-5-9(6-4-8)16-11-12-7-13-14-11/h3-7,10,15H,2H2,1H3,(H,12,13,14)/t10-/m0/s1. The normalized spacial score (nSPS) is 12.6. The van der Waals surface area contributed by atoms with E-state index in [1.54, 1.807) is 0 Å². The maximum atomic E-state index is 9.64. The van der Waals surface area contributed by atoms with Crippen molar-refractivity contribution in [2.45, 2.75) is 29.5 Å². The Labute approximate surface area is 98.1 Å². The molecule has 1 atom stereocenters. The van der Waals surface area contributed by atoms with Crippen LogP contribution in [-0.4, -0.2) is 20.3 Å². The third kappa shape index (κ3) is 2.62. The van der Waals surface area contributed by atoms with Crippen LogP contribution in [0.25, 0.3) is 0 Å². The van der Waals surface area contributed by atoms with Crippen molar-refractivity contribution in [3.63, 3.8) is 0 Å². The van der Waals surface area contributed by atoms with Crippen molar-refractivity contribution in [2.75, 3.05) is 0 Å². The molecule has 2 N–H and O–H groups in total. The molecule has 0 saturated heterocycles. The maximum absolute atomic E-state index is 9.64. The fourth-order valence-corrected chi connectivity index (χ4v) is 2.04. The molecular formula is C11H13N3OS. The number of aliphatic hydroxyl groups is 1. The van der Waals surface area contributed by atoms with Gasteiger partial charge in [0.25, 0.3) is 0 Å². The van der Waals surface area contributed by atoms with E-state index in [0.717, 1.165) is 22.0 Å². The van der Waals surface area contributed by atoms with E-state index < -0.39 is 0 Å². The molecule has 0 unspecified atom stereocenters. The first-order chi connectivity index (χ1) is 7.79. The molecule has 0 saturated carbocycles. The second kappa shape index (κ2) is 5.14. The molecule has 0 aliphatic rings. The molecule has 0 aliphatic carbocycles. The Morgan fingerprint density at radius 3 is 2.69 bits per heavy atom. The highest BCUT2D eigenvalue weighted by molar-refractivity contribution is 7.99. The summed E-state index contributed by atoms with van der Waals surface area (Å²) in [6, 6.07) is 7.82. The van der Waals surface area contributed by atoms with Gasteiger partial charge in [-0.05, 0) is 24.1 Å². The number of nitrogens with zero attached hydrogens (tertiary/aromatic N) is 2. The highest BCUT2D eigenvalue weighted by atomic mass is 32.2. The van der Waals surface area contributed by atoms with Gasteiger partial charge >= 0.3 is 0 Å². The molecule has 2 aromatic rings. The molecule has 1 aromatic carbocycles. The van der Waals surface area contributed by atoms with Crippen molar-refractivity contribution in [1.82, 2.24) is 15.2 Å². The van der Waals surface area contributed by atoms with Crippen molar-refractivity contribution in [3.05, 3.63) is 36.2 Å². The van der Waals surface area contributed by atoms with E-state index in [1.165, 1.54) is 18.1 Å². The Morgan fingerprint density at radius 2 is 2.12 bits per heavy atom. The van der Waals surface area contributed by atoms with Crippen LogP contribution < -0.4 is 0 Å². The van der Waals surface area contributed by atoms with E-state index in [4.69, 9.17) is 0 Å². The highest BCUT2D eigenvalue weighted by Crippen LogP contribution is 2.25. The van der Waals surface area contributed by atoms with Crippen molar-refractivity contribution >= 4 is 11.8 Å². The van der Waals surface area contributed by atoms with Crippen LogP contribution in [0, 0.1) is 0 Å². The van der Waals surface area contributed by atoms with Crippen LogP contribution in [0.3, 0.4) is 0 Å². The van der Waals surface area contributed by atoms with Crippen molar-refractivity contribution < 1.29 is 5.11 Å². The number of aliphatic hydroxyl groups excluding tert-OH is 1. The molecule has 84 valence electrons. The lowest BCUT2D eigenvalue weighted by atomic mass is 10.1. The predicted molar refractivity (Wildman–Crippen MR) is 62.2 cm³/mol. The molecule has 0 amide bonds. The molecule has 16 heavy (non-hydrogen) atoms. The number of aromatic nitrogens is 3. The molecule has 0 aliphatic heterocycles. The van der Waals surface area contributed by atoms with Gasteiger partial charge in [-0.3, -0.25) is 5.10 Å². The summed E-state index contributed by atoms with van der Waals surface area (Å²) in [6.07, 6.45) is 1.84. The zero-order valence-electron chi connectivity index (χ0n) is 8.92. The van der Waals surface area contributed by atoms with Crippen LogP contribution >= 0.6 is 11.8 Å². The lowest BCUT2D eigenvalue weighted by Gasteiger charge is -2.08. The smallest absolute Gasteiger partial charge is 0.188 e. The van der Waals surface area contributed by atoms with Gasteiger partial charge in [0, 0.05) is 4.90 Å². The minimum absolute atomic E-state index is 0.371. The average Bonchev–Trinajstić information content (AvgIpc) is 2.82. The van der Waals surface area contributed by atoms with Crippen LogP contribution in [0.4, 0.5) is 0 Å². The molecule has 2 rings (SSSR count). The number of hydrogen-bond donors (Lipinski definition) is 2. The number of hydrogen-bond acceptors (Lipinski definition) is 4. The fraction of sp³-hybridized carbons (Fsp3) is 0.273. The molecule has 0 fully saturated rings. The summed E-state index contributed by atoms with van der Waals surface area (Å²) >= 11 is 1.51. The van der Waals surface area contributed by atoms with Gasteiger partial charge in [0.1, 0.15) is 6.33 Å². The summed E-state index contributed by atoms with van der Waals surface area (Å²) in [6.45, 7) is 1.96. The molecular weight excluding hydrogens is 222 g/mol. The number of benzene rings is 1. The van der Waals surface area contributed by atoms with E-state index >= 15 is 0 Å². The topological polar surface area (TPSA) is 61.8 Å². The highest BCUT2D eigenvalue weighted by Gasteiger charge is 2.05. The third-order valence-electron chi connectivity index (χ3n) is 2.26. The SMILES string of the molecule is CC[C@H](O)c1ccc(Sc2ncn[nH]2)cc1. The summed E-state index contributed by atoms with van der Waals surface area (Å²) in [4.78, 5) is 5.11. The van der Waals surface area contributed by atoms with Gasteiger partial charge in [0.15, 0.2) is 5.16 Å². The van der Waals surface area contributed by atoms with E-state index in [-0.39, 0.29) is 6.10 Å². The second-order valence-electron chi connectivity index (χ2n) is 3.39. The summed E-state index contributed by atoms with van der Waals surface area (Å²) in [5.41, 5.74) is 0.949. The van der Waals surface area contributed by atoms with E-state index in [2.05, 4.69) is 15.2 Å². The number of nitrogens with one attached hydrogen (secondary N) is 1. The summed E-state index contributed by atoms with van der Waals surface area (Å²) in [5, 5.41) is 17.0. The zero-order chi connectivity index (χ0) is 11.4. The van der Waals surface area contributed by atoms with Crippen molar-refractivity contribution in [2.24, 2.45) is 0 Å². The first kappa shape index (κ1) is 11.2. The monoisotopic (exact) mass is 235 g/mol. The fourth-order valence-electron chi connectivity index (χ4n) is 1.35. The van der Waals surface area contributed by atoms with Crippen LogP contribution in [0.1, 0.15) is 25.0 Å². The largest absolute Gasteiger partial charge is 0.388 e. The van der Waals surface area contributed by atoms with Gasteiger partial charge in [-0.15, -0.1) is 0 Å². The van der Waals surface area contributed by atoms with Crippen LogP contribution in [-0.2, 0) is 0 Å². The predicted octanol–water partition coefficient (Wildman–Crippen LogP) is 2.40. The Kier molecular flexibility index (Phi) is 3.58. The summed E-state index contributed by atoms with van der Waals surface area (Å²) in [7, 11) is 0. The first-order valence-corrected chi connectivity index (χ1v) is 5.92. The number of H-pyrrole nitrogens is 1. The Bertz CT molecular complexity index is 427. The van der Waals surface area contributed by atoms with Gasteiger partial charge < -0.3 is 5.11 Å². The van der Waals surface area contributed by atoms with Crippen LogP contribution in [0.15, 0.2) is 40.6 Å². The third-order valence-corrected chi connectivity index (χ3v) is 3.16. The van der Waals surface area contributed by atoms with Gasteiger partial charge in [0.05, 0.1) is 6.10 Å². The maximum Gasteiger partial charge on any atom is 0.188 e. The van der Waals surface area contributed by atoms with Crippen molar-refractivity contribution in [3.8, 4) is 0 Å². The van der Waals surface area contributed by atoms with Gasteiger partial charge in [-0.25, -0.2) is 4.98 Å². The molecule has 0 radical (unpaired) electrons. The van der Waals surface area contributed by atoms with Gasteiger partial charge in [-0.1, -0.05) is 30.8 Å². The molecule has 4 nitrogen and oxygen atoms in total.